The zero-order chi connectivity index (χ0) is 14.5. The Balaban J connectivity index is 2.13. The van der Waals surface area contributed by atoms with Crippen molar-refractivity contribution in [3.05, 3.63) is 40.3 Å². The minimum absolute atomic E-state index is 0.0529. The molecule has 0 aliphatic carbocycles. The number of aromatic amines is 1. The van der Waals surface area contributed by atoms with Gasteiger partial charge in [-0.05, 0) is 13.0 Å². The van der Waals surface area contributed by atoms with E-state index >= 15 is 0 Å². The number of hydrogen-bond donors (Lipinski definition) is 2. The summed E-state index contributed by atoms with van der Waals surface area (Å²) >= 11 is 0. The zero-order valence-electron chi connectivity index (χ0n) is 11.2. The molecule has 2 aromatic heterocycles. The van der Waals surface area contributed by atoms with Crippen molar-refractivity contribution in [2.45, 2.75) is 13.5 Å². The first-order chi connectivity index (χ1) is 9.60. The second kappa shape index (κ2) is 6.11. The quantitative estimate of drug-likeness (QED) is 0.811. The lowest BCUT2D eigenvalue weighted by atomic mass is 10.4. The number of pyridine rings is 1. The summed E-state index contributed by atoms with van der Waals surface area (Å²) in [6, 6.07) is 2.91. The summed E-state index contributed by atoms with van der Waals surface area (Å²) in [6.07, 6.45) is 1.55. The predicted octanol–water partition coefficient (Wildman–Crippen LogP) is 0.174. The van der Waals surface area contributed by atoms with Crippen LogP contribution in [0.4, 0.5) is 5.69 Å². The van der Waals surface area contributed by atoms with E-state index in [1.54, 1.807) is 20.2 Å². The number of hydrogen-bond acceptors (Lipinski definition) is 5. The summed E-state index contributed by atoms with van der Waals surface area (Å²) < 4.78 is 6.38. The maximum absolute atomic E-state index is 11.9. The van der Waals surface area contributed by atoms with Crippen molar-refractivity contribution in [1.82, 2.24) is 19.7 Å². The highest BCUT2D eigenvalue weighted by molar-refractivity contribution is 6.01. The summed E-state index contributed by atoms with van der Waals surface area (Å²) in [5.74, 6) is 0.170. The summed E-state index contributed by atoms with van der Waals surface area (Å²) in [7, 11) is 1.56. The molecule has 0 aromatic carbocycles. The SMILES string of the molecule is COCCn1cc(NC(=O)c2n[nH]c(C)n2)ccc1=O. The largest absolute Gasteiger partial charge is 0.383 e. The van der Waals surface area contributed by atoms with E-state index in [4.69, 9.17) is 4.74 Å². The van der Waals surface area contributed by atoms with Crippen molar-refractivity contribution in [2.75, 3.05) is 19.0 Å². The number of nitrogens with zero attached hydrogens (tertiary/aromatic N) is 3. The van der Waals surface area contributed by atoms with E-state index in [1.165, 1.54) is 16.7 Å². The summed E-state index contributed by atoms with van der Waals surface area (Å²) in [6.45, 7) is 2.53. The molecule has 0 saturated heterocycles. The molecule has 0 bridgehead atoms. The second-order valence-electron chi connectivity index (χ2n) is 4.14. The van der Waals surface area contributed by atoms with Gasteiger partial charge in [-0.3, -0.25) is 14.7 Å². The number of aryl methyl sites for hydroxylation is 1. The standard InChI is InChI=1S/C12H15N5O3/c1-8-13-11(16-15-8)12(19)14-9-3-4-10(18)17(7-9)5-6-20-2/h3-4,7H,5-6H2,1-2H3,(H,14,19)(H,13,15,16). The van der Waals surface area contributed by atoms with Crippen LogP contribution in [0.5, 0.6) is 0 Å². The van der Waals surface area contributed by atoms with Crippen LogP contribution in [0.2, 0.25) is 0 Å². The molecule has 2 rings (SSSR count). The molecule has 0 spiro atoms. The molecule has 0 aliphatic heterocycles. The van der Waals surface area contributed by atoms with Gasteiger partial charge in [-0.1, -0.05) is 0 Å². The Morgan fingerprint density at radius 3 is 2.95 bits per heavy atom. The Morgan fingerprint density at radius 2 is 2.30 bits per heavy atom. The average Bonchev–Trinajstić information content (AvgIpc) is 2.86. The van der Waals surface area contributed by atoms with E-state index in [9.17, 15) is 9.59 Å². The van der Waals surface area contributed by atoms with Crippen molar-refractivity contribution in [1.29, 1.82) is 0 Å². The number of H-pyrrole nitrogens is 1. The number of amides is 1. The van der Waals surface area contributed by atoms with Crippen LogP contribution in [-0.4, -0.2) is 39.4 Å². The molecule has 0 atom stereocenters. The molecule has 0 saturated carbocycles. The monoisotopic (exact) mass is 277 g/mol. The van der Waals surface area contributed by atoms with Crippen LogP contribution in [-0.2, 0) is 11.3 Å². The number of carbonyl (C=O) groups is 1. The first-order valence-corrected chi connectivity index (χ1v) is 6.00. The zero-order valence-corrected chi connectivity index (χ0v) is 11.2. The Morgan fingerprint density at radius 1 is 1.50 bits per heavy atom. The molecule has 0 fully saturated rings. The van der Waals surface area contributed by atoms with E-state index in [0.29, 0.717) is 24.7 Å². The lowest BCUT2D eigenvalue weighted by Gasteiger charge is -2.08. The smallest absolute Gasteiger partial charge is 0.295 e. The van der Waals surface area contributed by atoms with Gasteiger partial charge in [-0.15, -0.1) is 5.10 Å². The van der Waals surface area contributed by atoms with Crippen LogP contribution in [0.15, 0.2) is 23.1 Å². The fourth-order valence-corrected chi connectivity index (χ4v) is 1.60. The lowest BCUT2D eigenvalue weighted by Crippen LogP contribution is -2.22. The number of aromatic nitrogens is 4. The number of anilines is 1. The van der Waals surface area contributed by atoms with E-state index in [-0.39, 0.29) is 11.4 Å². The molecule has 2 aromatic rings. The van der Waals surface area contributed by atoms with E-state index in [1.807, 2.05) is 0 Å². The molecule has 106 valence electrons. The molecular weight excluding hydrogens is 262 g/mol. The number of rotatable bonds is 5. The second-order valence-corrected chi connectivity index (χ2v) is 4.14. The van der Waals surface area contributed by atoms with Gasteiger partial charge in [0, 0.05) is 25.9 Å². The van der Waals surface area contributed by atoms with Crippen LogP contribution < -0.4 is 10.9 Å². The number of nitrogens with one attached hydrogen (secondary N) is 2. The molecule has 0 unspecified atom stereocenters. The molecule has 20 heavy (non-hydrogen) atoms. The molecular formula is C12H15N5O3. The maximum atomic E-state index is 11.9. The van der Waals surface area contributed by atoms with Gasteiger partial charge in [-0.25, -0.2) is 4.98 Å². The third-order valence-corrected chi connectivity index (χ3v) is 2.58. The third kappa shape index (κ3) is 3.29. The average molecular weight is 277 g/mol. The van der Waals surface area contributed by atoms with Gasteiger partial charge in [0.1, 0.15) is 5.82 Å². The van der Waals surface area contributed by atoms with E-state index in [2.05, 4.69) is 20.5 Å². The Kier molecular flexibility index (Phi) is 4.26. The first-order valence-electron chi connectivity index (χ1n) is 6.00. The van der Waals surface area contributed by atoms with Crippen LogP contribution in [0.3, 0.4) is 0 Å². The first kappa shape index (κ1) is 13.9. The van der Waals surface area contributed by atoms with Gasteiger partial charge in [0.2, 0.25) is 5.82 Å². The summed E-state index contributed by atoms with van der Waals surface area (Å²) in [5, 5.41) is 8.99. The Labute approximate surface area is 114 Å². The van der Waals surface area contributed by atoms with Crippen molar-refractivity contribution < 1.29 is 9.53 Å². The lowest BCUT2D eigenvalue weighted by molar-refractivity contribution is 0.101. The number of methoxy groups -OCH3 is 1. The van der Waals surface area contributed by atoms with Crippen LogP contribution in [0.25, 0.3) is 0 Å². The van der Waals surface area contributed by atoms with Gasteiger partial charge < -0.3 is 14.6 Å². The van der Waals surface area contributed by atoms with Crippen molar-refractivity contribution in [3.63, 3.8) is 0 Å². The number of ether oxygens (including phenoxy) is 1. The van der Waals surface area contributed by atoms with Crippen LogP contribution >= 0.6 is 0 Å². The highest BCUT2D eigenvalue weighted by Gasteiger charge is 2.11. The summed E-state index contributed by atoms with van der Waals surface area (Å²) in [4.78, 5) is 27.4. The molecule has 0 radical (unpaired) electrons. The van der Waals surface area contributed by atoms with Gasteiger partial charge in [0.25, 0.3) is 11.5 Å². The summed E-state index contributed by atoms with van der Waals surface area (Å²) in [5.41, 5.74) is 0.335. The molecule has 8 heteroatoms. The van der Waals surface area contributed by atoms with Gasteiger partial charge >= 0.3 is 0 Å². The molecule has 8 nitrogen and oxygen atoms in total. The van der Waals surface area contributed by atoms with Gasteiger partial charge in [0.05, 0.1) is 12.3 Å². The fourth-order valence-electron chi connectivity index (χ4n) is 1.60. The minimum Gasteiger partial charge on any atom is -0.383 e. The van der Waals surface area contributed by atoms with Gasteiger partial charge in [0.15, 0.2) is 0 Å². The minimum atomic E-state index is -0.439. The molecule has 0 aliphatic rings. The predicted molar refractivity (Wildman–Crippen MR) is 71.7 cm³/mol. The van der Waals surface area contributed by atoms with Crippen molar-refractivity contribution in [2.24, 2.45) is 0 Å². The van der Waals surface area contributed by atoms with Crippen molar-refractivity contribution >= 4 is 11.6 Å². The fraction of sp³-hybridized carbons (Fsp3) is 0.333. The highest BCUT2D eigenvalue weighted by Crippen LogP contribution is 2.05. The van der Waals surface area contributed by atoms with Crippen LogP contribution in [0.1, 0.15) is 16.4 Å². The Bertz CT molecular complexity index is 661. The van der Waals surface area contributed by atoms with Crippen molar-refractivity contribution in [3.8, 4) is 0 Å². The molecule has 1 amide bonds. The normalized spacial score (nSPS) is 10.5. The maximum Gasteiger partial charge on any atom is 0.295 e. The van der Waals surface area contributed by atoms with Crippen LogP contribution in [0, 0.1) is 6.92 Å². The Hall–Kier alpha value is -2.48. The topological polar surface area (TPSA) is 102 Å². The van der Waals surface area contributed by atoms with Gasteiger partial charge in [-0.2, -0.15) is 0 Å². The molecule has 2 heterocycles. The van der Waals surface area contributed by atoms with E-state index < -0.39 is 5.91 Å². The molecule has 2 N–H and O–H groups in total. The van der Waals surface area contributed by atoms with E-state index in [0.717, 1.165) is 0 Å². The highest BCUT2D eigenvalue weighted by atomic mass is 16.5. The number of carbonyl (C=O) groups excluding carboxylic acids is 1. The third-order valence-electron chi connectivity index (χ3n) is 2.58.